The van der Waals surface area contributed by atoms with Crippen LogP contribution in [0.5, 0.6) is 0 Å². The fraction of sp³-hybridized carbons (Fsp3) is 0.800. The third-order valence-corrected chi connectivity index (χ3v) is 4.00. The van der Waals surface area contributed by atoms with E-state index in [0.29, 0.717) is 24.0 Å². The van der Waals surface area contributed by atoms with Gasteiger partial charge in [-0.15, -0.1) is 0 Å². The van der Waals surface area contributed by atoms with Crippen LogP contribution in [-0.4, -0.2) is 23.8 Å². The summed E-state index contributed by atoms with van der Waals surface area (Å²) < 4.78 is 5.91. The van der Waals surface area contributed by atoms with Crippen molar-refractivity contribution < 1.29 is 14.6 Å². The van der Waals surface area contributed by atoms with Crippen LogP contribution in [0.4, 0.5) is 0 Å². The van der Waals surface area contributed by atoms with E-state index in [-0.39, 0.29) is 6.10 Å². The highest BCUT2D eigenvalue weighted by atomic mass is 16.5. The van der Waals surface area contributed by atoms with Crippen molar-refractivity contribution in [1.29, 1.82) is 0 Å². The van der Waals surface area contributed by atoms with Crippen LogP contribution in [0.2, 0.25) is 0 Å². The molecule has 0 amide bonds. The molecule has 0 spiro atoms. The van der Waals surface area contributed by atoms with Gasteiger partial charge in [-0.05, 0) is 43.6 Å². The highest BCUT2D eigenvalue weighted by Gasteiger charge is 2.31. The van der Waals surface area contributed by atoms with Crippen molar-refractivity contribution in [2.24, 2.45) is 17.8 Å². The molecule has 1 aliphatic carbocycles. The largest absolute Gasteiger partial charge is 0.478 e. The summed E-state index contributed by atoms with van der Waals surface area (Å²) in [4.78, 5) is 10.7. The molecule has 0 heterocycles. The Balaban J connectivity index is 2.51. The number of carboxylic acids is 1. The number of hydrogen-bond donors (Lipinski definition) is 1. The van der Waals surface area contributed by atoms with Crippen LogP contribution in [-0.2, 0) is 9.53 Å². The maximum absolute atomic E-state index is 10.7. The Morgan fingerprint density at radius 2 is 2.11 bits per heavy atom. The number of hydrogen-bond acceptors (Lipinski definition) is 2. The molecule has 0 aromatic rings. The van der Waals surface area contributed by atoms with E-state index in [2.05, 4.69) is 20.8 Å². The second kappa shape index (κ2) is 6.93. The smallest absolute Gasteiger partial charge is 0.331 e. The number of carbonyl (C=O) groups is 1. The molecular weight excluding hydrogens is 228 g/mol. The van der Waals surface area contributed by atoms with Crippen LogP contribution in [0.1, 0.15) is 47.0 Å². The van der Waals surface area contributed by atoms with E-state index in [9.17, 15) is 4.79 Å². The van der Waals surface area contributed by atoms with Crippen molar-refractivity contribution in [2.45, 2.75) is 53.1 Å². The molecule has 3 unspecified atom stereocenters. The SMILES string of the molecule is CC(=CCOC1CC(C)CCC1C(C)C)C(=O)O. The summed E-state index contributed by atoms with van der Waals surface area (Å²) >= 11 is 0. The summed E-state index contributed by atoms with van der Waals surface area (Å²) in [7, 11) is 0. The molecule has 0 aromatic heterocycles. The predicted molar refractivity (Wildman–Crippen MR) is 72.5 cm³/mol. The monoisotopic (exact) mass is 254 g/mol. The van der Waals surface area contributed by atoms with E-state index >= 15 is 0 Å². The molecule has 0 saturated heterocycles. The van der Waals surface area contributed by atoms with Crippen molar-refractivity contribution in [1.82, 2.24) is 0 Å². The first kappa shape index (κ1) is 15.2. The molecule has 3 heteroatoms. The molecule has 0 aliphatic heterocycles. The van der Waals surface area contributed by atoms with Crippen LogP contribution in [0, 0.1) is 17.8 Å². The molecule has 1 fully saturated rings. The van der Waals surface area contributed by atoms with E-state index in [1.807, 2.05) is 0 Å². The predicted octanol–water partition coefficient (Wildman–Crippen LogP) is 3.49. The van der Waals surface area contributed by atoms with Crippen molar-refractivity contribution in [2.75, 3.05) is 6.61 Å². The number of ether oxygens (including phenoxy) is 1. The normalized spacial score (nSPS) is 29.6. The van der Waals surface area contributed by atoms with E-state index in [1.54, 1.807) is 13.0 Å². The van der Waals surface area contributed by atoms with E-state index < -0.39 is 5.97 Å². The van der Waals surface area contributed by atoms with Gasteiger partial charge in [0, 0.05) is 5.57 Å². The Morgan fingerprint density at radius 3 is 2.67 bits per heavy atom. The molecule has 3 atom stereocenters. The minimum atomic E-state index is -0.865. The maximum atomic E-state index is 10.7. The minimum Gasteiger partial charge on any atom is -0.478 e. The lowest BCUT2D eigenvalue weighted by Gasteiger charge is -2.37. The summed E-state index contributed by atoms with van der Waals surface area (Å²) in [6, 6.07) is 0. The zero-order chi connectivity index (χ0) is 13.7. The van der Waals surface area contributed by atoms with Gasteiger partial charge < -0.3 is 9.84 Å². The average Bonchev–Trinajstić information content (AvgIpc) is 2.28. The molecule has 0 radical (unpaired) electrons. The summed E-state index contributed by atoms with van der Waals surface area (Å²) in [5, 5.41) is 8.78. The highest BCUT2D eigenvalue weighted by molar-refractivity contribution is 5.85. The lowest BCUT2D eigenvalue weighted by Crippen LogP contribution is -2.34. The molecule has 1 saturated carbocycles. The van der Waals surface area contributed by atoms with Gasteiger partial charge in [0.2, 0.25) is 0 Å². The Morgan fingerprint density at radius 1 is 1.44 bits per heavy atom. The van der Waals surface area contributed by atoms with Gasteiger partial charge in [0.1, 0.15) is 0 Å². The number of rotatable bonds is 5. The van der Waals surface area contributed by atoms with Gasteiger partial charge >= 0.3 is 5.97 Å². The second-order valence-electron chi connectivity index (χ2n) is 5.89. The van der Waals surface area contributed by atoms with Gasteiger partial charge in [0.25, 0.3) is 0 Å². The van der Waals surface area contributed by atoms with Gasteiger partial charge in [-0.3, -0.25) is 0 Å². The first-order chi connectivity index (χ1) is 8.41. The molecule has 3 nitrogen and oxygen atoms in total. The van der Waals surface area contributed by atoms with Gasteiger partial charge in [-0.1, -0.05) is 27.2 Å². The minimum absolute atomic E-state index is 0.284. The molecule has 1 rings (SSSR count). The zero-order valence-corrected chi connectivity index (χ0v) is 12.0. The summed E-state index contributed by atoms with van der Waals surface area (Å²) in [5.74, 6) is 1.09. The van der Waals surface area contributed by atoms with Crippen LogP contribution < -0.4 is 0 Å². The van der Waals surface area contributed by atoms with Crippen LogP contribution in [0.3, 0.4) is 0 Å². The molecule has 0 aromatic carbocycles. The van der Waals surface area contributed by atoms with Crippen molar-refractivity contribution in [3.05, 3.63) is 11.6 Å². The molecule has 1 aliphatic rings. The fourth-order valence-electron chi connectivity index (χ4n) is 2.69. The Hall–Kier alpha value is -0.830. The first-order valence-electron chi connectivity index (χ1n) is 6.93. The van der Waals surface area contributed by atoms with E-state index in [1.165, 1.54) is 12.8 Å². The standard InChI is InChI=1S/C15H26O3/c1-10(2)13-6-5-11(3)9-14(13)18-8-7-12(4)15(16)17/h7,10-11,13-14H,5-6,8-9H2,1-4H3,(H,16,17). The zero-order valence-electron chi connectivity index (χ0n) is 12.0. The first-order valence-corrected chi connectivity index (χ1v) is 6.93. The third-order valence-electron chi connectivity index (χ3n) is 4.00. The molecule has 104 valence electrons. The lowest BCUT2D eigenvalue weighted by molar-refractivity contribution is -0.132. The van der Waals surface area contributed by atoms with E-state index in [4.69, 9.17) is 9.84 Å². The molecular formula is C15H26O3. The van der Waals surface area contributed by atoms with Crippen LogP contribution >= 0.6 is 0 Å². The van der Waals surface area contributed by atoms with Crippen LogP contribution in [0.25, 0.3) is 0 Å². The van der Waals surface area contributed by atoms with Gasteiger partial charge in [0.15, 0.2) is 0 Å². The van der Waals surface area contributed by atoms with Crippen molar-refractivity contribution >= 4 is 5.97 Å². The Kier molecular flexibility index (Phi) is 5.86. The highest BCUT2D eigenvalue weighted by Crippen LogP contribution is 2.35. The number of aliphatic carboxylic acids is 1. The molecule has 0 bridgehead atoms. The Bertz CT molecular complexity index is 307. The fourth-order valence-corrected chi connectivity index (χ4v) is 2.69. The topological polar surface area (TPSA) is 46.5 Å². The van der Waals surface area contributed by atoms with Gasteiger partial charge in [-0.2, -0.15) is 0 Å². The summed E-state index contributed by atoms with van der Waals surface area (Å²) in [6.45, 7) is 8.78. The van der Waals surface area contributed by atoms with Crippen molar-refractivity contribution in [3.8, 4) is 0 Å². The average molecular weight is 254 g/mol. The molecule has 1 N–H and O–H groups in total. The van der Waals surface area contributed by atoms with Crippen LogP contribution in [0.15, 0.2) is 11.6 Å². The van der Waals surface area contributed by atoms with Gasteiger partial charge in [-0.25, -0.2) is 4.79 Å². The summed E-state index contributed by atoms with van der Waals surface area (Å²) in [6.07, 6.45) is 5.56. The number of carboxylic acid groups (broad SMARTS) is 1. The van der Waals surface area contributed by atoms with E-state index in [0.717, 1.165) is 12.3 Å². The molecule has 18 heavy (non-hydrogen) atoms. The van der Waals surface area contributed by atoms with Gasteiger partial charge in [0.05, 0.1) is 12.7 Å². The second-order valence-corrected chi connectivity index (χ2v) is 5.89. The van der Waals surface area contributed by atoms with Crippen molar-refractivity contribution in [3.63, 3.8) is 0 Å². The quantitative estimate of drug-likeness (QED) is 0.764. The Labute approximate surface area is 110 Å². The third kappa shape index (κ3) is 4.45. The lowest BCUT2D eigenvalue weighted by atomic mass is 9.75. The summed E-state index contributed by atoms with van der Waals surface area (Å²) in [5.41, 5.74) is 0.361. The maximum Gasteiger partial charge on any atom is 0.331 e.